The maximum atomic E-state index is 11.8. The maximum absolute atomic E-state index is 11.8. The molecule has 3 nitrogen and oxygen atoms in total. The second kappa shape index (κ2) is 3.42. The van der Waals surface area contributed by atoms with Crippen LogP contribution in [0.15, 0.2) is 24.3 Å². The summed E-state index contributed by atoms with van der Waals surface area (Å²) in [6, 6.07) is 7.51. The molecule has 3 heteroatoms. The first kappa shape index (κ1) is 9.21. The first-order valence-corrected chi connectivity index (χ1v) is 4.71. The van der Waals surface area contributed by atoms with Gasteiger partial charge in [-0.2, -0.15) is 0 Å². The Kier molecular flexibility index (Phi) is 2.25. The molecule has 0 aromatic heterocycles. The number of hydrogen-bond acceptors (Lipinski definition) is 2. The van der Waals surface area contributed by atoms with Crippen molar-refractivity contribution in [2.75, 3.05) is 13.1 Å². The van der Waals surface area contributed by atoms with Crippen molar-refractivity contribution in [1.82, 2.24) is 4.90 Å². The smallest absolute Gasteiger partial charge is 0.254 e. The molecule has 1 amide bonds. The Morgan fingerprint density at radius 2 is 2.07 bits per heavy atom. The fourth-order valence-corrected chi connectivity index (χ4v) is 1.60. The Hall–Kier alpha value is -1.35. The van der Waals surface area contributed by atoms with Crippen LogP contribution in [-0.4, -0.2) is 35.1 Å². The van der Waals surface area contributed by atoms with Crippen LogP contribution in [0.2, 0.25) is 0 Å². The Bertz CT molecular complexity index is 356. The summed E-state index contributed by atoms with van der Waals surface area (Å²) in [6.45, 7) is 2.85. The number of rotatable bonds is 1. The molecule has 0 bridgehead atoms. The summed E-state index contributed by atoms with van der Waals surface area (Å²) in [5, 5.41) is 9.09. The molecule has 1 saturated heterocycles. The number of nitrogens with zero attached hydrogens (tertiary/aromatic N) is 1. The topological polar surface area (TPSA) is 40.5 Å². The lowest BCUT2D eigenvalue weighted by molar-refractivity contribution is 0.00584. The van der Waals surface area contributed by atoms with Gasteiger partial charge in [-0.3, -0.25) is 4.79 Å². The van der Waals surface area contributed by atoms with Crippen molar-refractivity contribution in [2.24, 2.45) is 0 Å². The molecule has 74 valence electrons. The molecular formula is C11H13NO2. The number of amides is 1. The summed E-state index contributed by atoms with van der Waals surface area (Å²) in [7, 11) is 0. The summed E-state index contributed by atoms with van der Waals surface area (Å²) in [5.74, 6) is 0.0217. The zero-order valence-corrected chi connectivity index (χ0v) is 8.10. The highest BCUT2D eigenvalue weighted by atomic mass is 16.3. The molecule has 1 aromatic carbocycles. The molecule has 0 spiro atoms. The minimum absolute atomic E-state index is 0.0217. The normalized spacial score (nSPS) is 16.6. The van der Waals surface area contributed by atoms with Crippen molar-refractivity contribution in [2.45, 2.75) is 13.0 Å². The molecule has 1 aromatic rings. The van der Waals surface area contributed by atoms with Crippen molar-refractivity contribution in [1.29, 1.82) is 0 Å². The second-order valence-electron chi connectivity index (χ2n) is 3.68. The minimum atomic E-state index is -0.331. The summed E-state index contributed by atoms with van der Waals surface area (Å²) in [4.78, 5) is 13.5. The van der Waals surface area contributed by atoms with Gasteiger partial charge >= 0.3 is 0 Å². The highest BCUT2D eigenvalue weighted by Crippen LogP contribution is 2.15. The van der Waals surface area contributed by atoms with Gasteiger partial charge in [0.1, 0.15) is 0 Å². The predicted octanol–water partition coefficient (Wildman–Crippen LogP) is 0.812. The van der Waals surface area contributed by atoms with Gasteiger partial charge in [-0.05, 0) is 18.6 Å². The van der Waals surface area contributed by atoms with Crippen molar-refractivity contribution in [3.05, 3.63) is 35.4 Å². The lowest BCUT2D eigenvalue weighted by Gasteiger charge is -2.36. The largest absolute Gasteiger partial charge is 0.389 e. The summed E-state index contributed by atoms with van der Waals surface area (Å²) in [6.07, 6.45) is -0.331. The average molecular weight is 191 g/mol. The zero-order valence-electron chi connectivity index (χ0n) is 8.10. The maximum Gasteiger partial charge on any atom is 0.254 e. The molecule has 1 fully saturated rings. The Morgan fingerprint density at radius 1 is 1.43 bits per heavy atom. The Labute approximate surface area is 83.0 Å². The summed E-state index contributed by atoms with van der Waals surface area (Å²) in [5.41, 5.74) is 1.72. The summed E-state index contributed by atoms with van der Waals surface area (Å²) < 4.78 is 0. The van der Waals surface area contributed by atoms with Crippen LogP contribution >= 0.6 is 0 Å². The van der Waals surface area contributed by atoms with E-state index in [4.69, 9.17) is 5.11 Å². The fraction of sp³-hybridized carbons (Fsp3) is 0.364. The van der Waals surface area contributed by atoms with Gasteiger partial charge in [-0.15, -0.1) is 0 Å². The highest BCUT2D eigenvalue weighted by molar-refractivity contribution is 5.96. The number of likely N-dealkylation sites (tertiary alicyclic amines) is 1. The number of aliphatic hydroxyl groups is 1. The molecule has 0 saturated carbocycles. The minimum Gasteiger partial charge on any atom is -0.389 e. The van der Waals surface area contributed by atoms with Crippen molar-refractivity contribution >= 4 is 5.91 Å². The third-order valence-corrected chi connectivity index (χ3v) is 2.52. The zero-order chi connectivity index (χ0) is 10.1. The molecule has 0 radical (unpaired) electrons. The van der Waals surface area contributed by atoms with Crippen LogP contribution in [-0.2, 0) is 0 Å². The van der Waals surface area contributed by atoms with E-state index >= 15 is 0 Å². The van der Waals surface area contributed by atoms with E-state index in [2.05, 4.69) is 0 Å². The summed E-state index contributed by atoms with van der Waals surface area (Å²) >= 11 is 0. The van der Waals surface area contributed by atoms with E-state index in [1.807, 2.05) is 31.2 Å². The second-order valence-corrected chi connectivity index (χ2v) is 3.68. The van der Waals surface area contributed by atoms with Crippen LogP contribution in [0, 0.1) is 6.92 Å². The quantitative estimate of drug-likeness (QED) is 0.713. The van der Waals surface area contributed by atoms with Crippen molar-refractivity contribution in [3.63, 3.8) is 0 Å². The number of aliphatic hydroxyl groups excluding tert-OH is 1. The van der Waals surface area contributed by atoms with Gasteiger partial charge < -0.3 is 10.0 Å². The molecule has 0 unspecified atom stereocenters. The van der Waals surface area contributed by atoms with Gasteiger partial charge in [0.25, 0.3) is 5.91 Å². The van der Waals surface area contributed by atoms with Crippen molar-refractivity contribution < 1.29 is 9.90 Å². The van der Waals surface area contributed by atoms with Crippen molar-refractivity contribution in [3.8, 4) is 0 Å². The molecule has 2 rings (SSSR count). The van der Waals surface area contributed by atoms with Crippen LogP contribution in [0.3, 0.4) is 0 Å². The van der Waals surface area contributed by atoms with E-state index in [9.17, 15) is 4.79 Å². The van der Waals surface area contributed by atoms with Crippen LogP contribution in [0.4, 0.5) is 0 Å². The molecule has 1 N–H and O–H groups in total. The van der Waals surface area contributed by atoms with Gasteiger partial charge in [0.2, 0.25) is 0 Å². The van der Waals surface area contributed by atoms with Gasteiger partial charge in [0.05, 0.1) is 6.10 Å². The average Bonchev–Trinajstić information content (AvgIpc) is 2.13. The van der Waals surface area contributed by atoms with E-state index in [1.165, 1.54) is 0 Å². The molecular weight excluding hydrogens is 178 g/mol. The third-order valence-electron chi connectivity index (χ3n) is 2.52. The first-order valence-electron chi connectivity index (χ1n) is 4.71. The molecule has 0 atom stereocenters. The van der Waals surface area contributed by atoms with Crippen LogP contribution in [0.1, 0.15) is 15.9 Å². The number of benzene rings is 1. The van der Waals surface area contributed by atoms with Crippen LogP contribution in [0.5, 0.6) is 0 Å². The first-order chi connectivity index (χ1) is 6.68. The number of aryl methyl sites for hydroxylation is 1. The number of hydrogen-bond donors (Lipinski definition) is 1. The monoisotopic (exact) mass is 191 g/mol. The number of carbonyl (C=O) groups is 1. The third kappa shape index (κ3) is 1.51. The van der Waals surface area contributed by atoms with E-state index in [-0.39, 0.29) is 12.0 Å². The van der Waals surface area contributed by atoms with Crippen LogP contribution in [0.25, 0.3) is 0 Å². The van der Waals surface area contributed by atoms with E-state index < -0.39 is 0 Å². The number of carbonyl (C=O) groups excluding carboxylic acids is 1. The number of β-amino-alcohol motifs (C(OH)–C–C–N with tert-alkyl or cyclic N) is 1. The molecule has 0 aliphatic carbocycles. The van der Waals surface area contributed by atoms with E-state index in [0.29, 0.717) is 13.1 Å². The Morgan fingerprint density at radius 3 is 2.64 bits per heavy atom. The van der Waals surface area contributed by atoms with E-state index in [1.54, 1.807) is 4.90 Å². The van der Waals surface area contributed by atoms with Gasteiger partial charge in [-0.25, -0.2) is 0 Å². The fourth-order valence-electron chi connectivity index (χ4n) is 1.60. The lowest BCUT2D eigenvalue weighted by Crippen LogP contribution is -2.53. The van der Waals surface area contributed by atoms with E-state index in [0.717, 1.165) is 11.1 Å². The molecule has 1 aliphatic heterocycles. The highest BCUT2D eigenvalue weighted by Gasteiger charge is 2.29. The standard InChI is InChI=1S/C11H13NO2/c1-8-4-2-3-5-10(8)11(14)12-6-9(13)7-12/h2-5,9,13H,6-7H2,1H3. The lowest BCUT2D eigenvalue weighted by atomic mass is 10.0. The van der Waals surface area contributed by atoms with Gasteiger partial charge in [-0.1, -0.05) is 18.2 Å². The molecule has 14 heavy (non-hydrogen) atoms. The Balaban J connectivity index is 2.16. The molecule has 1 aliphatic rings. The predicted molar refractivity (Wildman–Crippen MR) is 53.1 cm³/mol. The van der Waals surface area contributed by atoms with Crippen LogP contribution < -0.4 is 0 Å². The van der Waals surface area contributed by atoms with Gasteiger partial charge in [0, 0.05) is 18.7 Å². The van der Waals surface area contributed by atoms with Gasteiger partial charge in [0.15, 0.2) is 0 Å². The SMILES string of the molecule is Cc1ccccc1C(=O)N1CC(O)C1. The molecule has 1 heterocycles.